The zero-order chi connectivity index (χ0) is 18.6. The number of carbonyl (C=O) groups is 3. The van der Waals surface area contributed by atoms with Crippen LogP contribution in [-0.4, -0.2) is 35.7 Å². The molecule has 25 heavy (non-hydrogen) atoms. The first kappa shape index (κ1) is 18.8. The van der Waals surface area contributed by atoms with Crippen molar-refractivity contribution < 1.29 is 23.9 Å². The predicted octanol–water partition coefficient (Wildman–Crippen LogP) is 2.86. The van der Waals surface area contributed by atoms with E-state index in [9.17, 15) is 14.4 Å². The Balaban J connectivity index is 1.86. The molecule has 0 unspecified atom stereocenters. The molecule has 2 rings (SSSR count). The molecule has 0 aromatic heterocycles. The van der Waals surface area contributed by atoms with Gasteiger partial charge in [0.15, 0.2) is 6.10 Å². The third-order valence-electron chi connectivity index (χ3n) is 3.34. The lowest BCUT2D eigenvalue weighted by molar-refractivity contribution is -0.129. The van der Waals surface area contributed by atoms with Crippen LogP contribution in [0.3, 0.4) is 0 Å². The molecule has 1 fully saturated rings. The topological polar surface area (TPSA) is 93.7 Å². The number of hydrogen-bond donors (Lipinski definition) is 2. The van der Waals surface area contributed by atoms with E-state index < -0.39 is 23.8 Å². The van der Waals surface area contributed by atoms with E-state index in [1.165, 1.54) is 19.1 Å². The van der Waals surface area contributed by atoms with Crippen LogP contribution in [-0.2, 0) is 14.3 Å². The van der Waals surface area contributed by atoms with Crippen molar-refractivity contribution in [3.05, 3.63) is 29.8 Å². The maximum Gasteiger partial charge on any atom is 0.412 e. The summed E-state index contributed by atoms with van der Waals surface area (Å²) in [6, 6.07) is 6.37. The second-order valence-electron chi connectivity index (χ2n) is 7.03. The SMILES string of the molecule is C[C@@H](OC(=O)c1ccc(NC(=O)OC(C)(C)C)cc1)C(=O)NC1CC1. The zero-order valence-corrected chi connectivity index (χ0v) is 14.9. The predicted molar refractivity (Wildman–Crippen MR) is 92.3 cm³/mol. The largest absolute Gasteiger partial charge is 0.449 e. The fraction of sp³-hybridized carbons (Fsp3) is 0.500. The molecule has 0 aliphatic heterocycles. The van der Waals surface area contributed by atoms with Crippen LogP contribution >= 0.6 is 0 Å². The normalized spacial score (nSPS) is 15.0. The van der Waals surface area contributed by atoms with Crippen molar-refractivity contribution in [1.82, 2.24) is 5.32 Å². The number of amides is 2. The van der Waals surface area contributed by atoms with Crippen molar-refractivity contribution in [2.24, 2.45) is 0 Å². The molecule has 1 aliphatic rings. The highest BCUT2D eigenvalue weighted by molar-refractivity contribution is 5.93. The van der Waals surface area contributed by atoms with Gasteiger partial charge in [-0.1, -0.05) is 0 Å². The van der Waals surface area contributed by atoms with Crippen molar-refractivity contribution in [2.45, 2.75) is 58.3 Å². The standard InChI is InChI=1S/C18H24N2O5/c1-11(15(21)19-13-9-10-13)24-16(22)12-5-7-14(8-6-12)20-17(23)25-18(2,3)4/h5-8,11,13H,9-10H2,1-4H3,(H,19,21)(H,20,23)/t11-/m1/s1. The van der Waals surface area contributed by atoms with Gasteiger partial charge in [0.1, 0.15) is 5.60 Å². The molecule has 136 valence electrons. The van der Waals surface area contributed by atoms with Gasteiger partial charge in [-0.25, -0.2) is 9.59 Å². The second-order valence-corrected chi connectivity index (χ2v) is 7.03. The van der Waals surface area contributed by atoms with Gasteiger partial charge in [0.05, 0.1) is 5.56 Å². The number of carbonyl (C=O) groups excluding carboxylic acids is 3. The minimum Gasteiger partial charge on any atom is -0.449 e. The first-order chi connectivity index (χ1) is 11.6. The van der Waals surface area contributed by atoms with E-state index in [1.807, 2.05) is 0 Å². The lowest BCUT2D eigenvalue weighted by Crippen LogP contribution is -2.37. The Labute approximate surface area is 147 Å². The average molecular weight is 348 g/mol. The van der Waals surface area contributed by atoms with E-state index in [2.05, 4.69) is 10.6 Å². The maximum atomic E-state index is 12.1. The summed E-state index contributed by atoms with van der Waals surface area (Å²) in [5, 5.41) is 5.36. The number of nitrogens with one attached hydrogen (secondary N) is 2. The van der Waals surface area contributed by atoms with Gasteiger partial charge >= 0.3 is 12.1 Å². The molecule has 1 saturated carbocycles. The van der Waals surface area contributed by atoms with Gasteiger partial charge in [-0.2, -0.15) is 0 Å². The van der Waals surface area contributed by atoms with Crippen LogP contribution in [0.4, 0.5) is 10.5 Å². The van der Waals surface area contributed by atoms with Crippen molar-refractivity contribution in [1.29, 1.82) is 0 Å². The van der Waals surface area contributed by atoms with E-state index in [0.717, 1.165) is 12.8 Å². The van der Waals surface area contributed by atoms with Gasteiger partial charge in [0, 0.05) is 11.7 Å². The number of benzene rings is 1. The van der Waals surface area contributed by atoms with Crippen LogP contribution in [0, 0.1) is 0 Å². The molecule has 1 aliphatic carbocycles. The lowest BCUT2D eigenvalue weighted by Gasteiger charge is -2.19. The molecular weight excluding hydrogens is 324 g/mol. The van der Waals surface area contributed by atoms with Crippen LogP contribution in [0.5, 0.6) is 0 Å². The summed E-state index contributed by atoms with van der Waals surface area (Å²) < 4.78 is 10.3. The Hall–Kier alpha value is -2.57. The van der Waals surface area contributed by atoms with Crippen LogP contribution in [0.2, 0.25) is 0 Å². The first-order valence-electron chi connectivity index (χ1n) is 8.25. The molecule has 2 N–H and O–H groups in total. The van der Waals surface area contributed by atoms with Crippen LogP contribution in [0.25, 0.3) is 0 Å². The van der Waals surface area contributed by atoms with E-state index in [4.69, 9.17) is 9.47 Å². The fourth-order valence-corrected chi connectivity index (χ4v) is 1.94. The summed E-state index contributed by atoms with van der Waals surface area (Å²) in [6.07, 6.45) is 0.512. The number of esters is 1. The first-order valence-corrected chi connectivity index (χ1v) is 8.25. The Morgan fingerprint density at radius 2 is 1.72 bits per heavy atom. The zero-order valence-electron chi connectivity index (χ0n) is 14.9. The minimum absolute atomic E-state index is 0.215. The Bertz CT molecular complexity index is 644. The summed E-state index contributed by atoms with van der Waals surface area (Å²) in [7, 11) is 0. The van der Waals surface area contributed by atoms with E-state index in [-0.39, 0.29) is 11.9 Å². The Morgan fingerprint density at radius 1 is 1.12 bits per heavy atom. The fourth-order valence-electron chi connectivity index (χ4n) is 1.94. The summed E-state index contributed by atoms with van der Waals surface area (Å²) in [4.78, 5) is 35.6. The third kappa shape index (κ3) is 6.45. The number of anilines is 1. The molecule has 0 radical (unpaired) electrons. The Morgan fingerprint density at radius 3 is 2.24 bits per heavy atom. The molecule has 0 heterocycles. The summed E-state index contributed by atoms with van der Waals surface area (Å²) in [5.74, 6) is -0.888. The number of rotatable bonds is 5. The van der Waals surface area contributed by atoms with Crippen LogP contribution in [0.15, 0.2) is 24.3 Å². The lowest BCUT2D eigenvalue weighted by atomic mass is 10.2. The van der Waals surface area contributed by atoms with Crippen molar-refractivity contribution in [2.75, 3.05) is 5.32 Å². The molecular formula is C18H24N2O5. The number of ether oxygens (including phenoxy) is 2. The van der Waals surface area contributed by atoms with Crippen LogP contribution in [0.1, 0.15) is 50.9 Å². The molecule has 1 atom stereocenters. The highest BCUT2D eigenvalue weighted by Crippen LogP contribution is 2.19. The highest BCUT2D eigenvalue weighted by Gasteiger charge is 2.27. The molecule has 1 aromatic carbocycles. The van der Waals surface area contributed by atoms with Gasteiger partial charge in [0.25, 0.3) is 5.91 Å². The summed E-state index contributed by atoms with van der Waals surface area (Å²) >= 11 is 0. The maximum absolute atomic E-state index is 12.1. The average Bonchev–Trinajstić information content (AvgIpc) is 3.29. The highest BCUT2D eigenvalue weighted by atomic mass is 16.6. The van der Waals surface area contributed by atoms with Gasteiger partial charge in [-0.05, 0) is 64.8 Å². The summed E-state index contributed by atoms with van der Waals surface area (Å²) in [5.41, 5.74) is 0.191. The molecule has 2 amide bonds. The molecule has 7 heteroatoms. The van der Waals surface area contributed by atoms with Gasteiger partial charge in [-0.3, -0.25) is 10.1 Å². The van der Waals surface area contributed by atoms with Gasteiger partial charge in [0.2, 0.25) is 0 Å². The monoisotopic (exact) mass is 348 g/mol. The third-order valence-corrected chi connectivity index (χ3v) is 3.34. The van der Waals surface area contributed by atoms with Gasteiger partial charge < -0.3 is 14.8 Å². The molecule has 7 nitrogen and oxygen atoms in total. The van der Waals surface area contributed by atoms with Crippen molar-refractivity contribution in [3.63, 3.8) is 0 Å². The van der Waals surface area contributed by atoms with Crippen LogP contribution < -0.4 is 10.6 Å². The molecule has 1 aromatic rings. The van der Waals surface area contributed by atoms with Crippen molar-refractivity contribution >= 4 is 23.7 Å². The quantitative estimate of drug-likeness (QED) is 0.798. The molecule has 0 spiro atoms. The second kappa shape index (κ2) is 7.55. The number of hydrogen-bond acceptors (Lipinski definition) is 5. The Kier molecular flexibility index (Phi) is 5.66. The van der Waals surface area contributed by atoms with E-state index in [0.29, 0.717) is 11.3 Å². The molecule has 0 bridgehead atoms. The van der Waals surface area contributed by atoms with Gasteiger partial charge in [-0.15, -0.1) is 0 Å². The molecule has 0 saturated heterocycles. The smallest absolute Gasteiger partial charge is 0.412 e. The minimum atomic E-state index is -0.854. The summed E-state index contributed by atoms with van der Waals surface area (Å²) in [6.45, 7) is 6.85. The van der Waals surface area contributed by atoms with E-state index >= 15 is 0 Å². The van der Waals surface area contributed by atoms with Crippen molar-refractivity contribution in [3.8, 4) is 0 Å². The van der Waals surface area contributed by atoms with E-state index in [1.54, 1.807) is 32.9 Å².